The van der Waals surface area contributed by atoms with Gasteiger partial charge in [0.2, 0.25) is 0 Å². The van der Waals surface area contributed by atoms with E-state index in [1.807, 2.05) is 28.0 Å². The summed E-state index contributed by atoms with van der Waals surface area (Å²) in [6, 6.07) is 4.34. The van der Waals surface area contributed by atoms with Crippen LogP contribution in [0.5, 0.6) is 0 Å². The van der Waals surface area contributed by atoms with Crippen LogP contribution >= 0.6 is 22.6 Å². The van der Waals surface area contributed by atoms with Crippen molar-refractivity contribution in [3.8, 4) is 0 Å². The fraction of sp³-hybridized carbons (Fsp3) is 0.154. The number of amides is 1. The summed E-state index contributed by atoms with van der Waals surface area (Å²) >= 11 is 1.94. The Morgan fingerprint density at radius 1 is 1.26 bits per heavy atom. The number of aromatic nitrogens is 2. The summed E-state index contributed by atoms with van der Waals surface area (Å²) in [5.41, 5.74) is -0.0490. The number of nitrogens with zero attached hydrogens (tertiary/aromatic N) is 2. The SMILES string of the molecule is Cn1c(Nc2ccc(I)cc2F)c(C(=O)NN)c(=O)n(C)c1=O. The second kappa shape index (κ2) is 6.50. The Hall–Kier alpha value is -2.21. The summed E-state index contributed by atoms with van der Waals surface area (Å²) in [5.74, 6) is 3.45. The van der Waals surface area contributed by atoms with Crippen LogP contribution in [0, 0.1) is 9.39 Å². The van der Waals surface area contributed by atoms with Gasteiger partial charge < -0.3 is 5.32 Å². The van der Waals surface area contributed by atoms with Crippen LogP contribution in [0.3, 0.4) is 0 Å². The zero-order chi connectivity index (χ0) is 17.3. The van der Waals surface area contributed by atoms with E-state index >= 15 is 0 Å². The molecular weight excluding hydrogens is 420 g/mol. The van der Waals surface area contributed by atoms with E-state index < -0.39 is 28.5 Å². The molecule has 0 bridgehead atoms. The Balaban J connectivity index is 2.72. The van der Waals surface area contributed by atoms with Gasteiger partial charge in [0.25, 0.3) is 11.5 Å². The van der Waals surface area contributed by atoms with Crippen LogP contribution in [0.1, 0.15) is 10.4 Å². The van der Waals surface area contributed by atoms with Gasteiger partial charge in [-0.15, -0.1) is 0 Å². The lowest BCUT2D eigenvalue weighted by molar-refractivity contribution is 0.0951. The summed E-state index contributed by atoms with van der Waals surface area (Å²) in [4.78, 5) is 36.1. The quantitative estimate of drug-likeness (QED) is 0.277. The average molecular weight is 433 g/mol. The van der Waals surface area contributed by atoms with E-state index in [0.717, 1.165) is 9.13 Å². The molecule has 1 heterocycles. The molecule has 23 heavy (non-hydrogen) atoms. The standard InChI is InChI=1S/C13H13FIN5O3/c1-19-10(17-8-4-3-6(15)5-7(8)14)9(11(21)18-16)12(22)20(2)13(19)23/h3-5,17H,16H2,1-2H3,(H,18,21). The number of anilines is 2. The molecule has 0 aliphatic carbocycles. The van der Waals surface area contributed by atoms with Gasteiger partial charge in [-0.05, 0) is 40.8 Å². The molecule has 4 N–H and O–H groups in total. The molecule has 0 saturated heterocycles. The molecule has 1 aromatic carbocycles. The van der Waals surface area contributed by atoms with Gasteiger partial charge in [0.15, 0.2) is 0 Å². The lowest BCUT2D eigenvalue weighted by atomic mass is 10.2. The highest BCUT2D eigenvalue weighted by Crippen LogP contribution is 2.22. The van der Waals surface area contributed by atoms with Gasteiger partial charge in [0, 0.05) is 17.7 Å². The van der Waals surface area contributed by atoms with E-state index in [2.05, 4.69) is 5.32 Å². The molecule has 0 radical (unpaired) electrons. The van der Waals surface area contributed by atoms with Crippen molar-refractivity contribution in [3.05, 3.63) is 54.0 Å². The van der Waals surface area contributed by atoms with E-state index in [1.54, 1.807) is 6.07 Å². The van der Waals surface area contributed by atoms with Crippen molar-refractivity contribution in [2.24, 2.45) is 19.9 Å². The second-order valence-corrected chi connectivity index (χ2v) is 5.90. The van der Waals surface area contributed by atoms with Crippen molar-refractivity contribution >= 4 is 40.0 Å². The lowest BCUT2D eigenvalue weighted by Crippen LogP contribution is -2.44. The molecule has 2 rings (SSSR count). The molecule has 10 heteroatoms. The van der Waals surface area contributed by atoms with Gasteiger partial charge in [-0.25, -0.2) is 15.0 Å². The van der Waals surface area contributed by atoms with Crippen molar-refractivity contribution in [2.45, 2.75) is 0 Å². The number of halogens is 2. The molecule has 0 saturated carbocycles. The molecule has 0 aliphatic rings. The smallest absolute Gasteiger partial charge is 0.332 e. The number of hydrazine groups is 1. The predicted octanol–water partition coefficient (Wildman–Crippen LogP) is 0.175. The maximum atomic E-state index is 14.0. The van der Waals surface area contributed by atoms with E-state index in [-0.39, 0.29) is 11.5 Å². The minimum absolute atomic E-state index is 0.0136. The van der Waals surface area contributed by atoms with Gasteiger partial charge in [0.05, 0.1) is 5.69 Å². The largest absolute Gasteiger partial charge is 0.338 e. The zero-order valence-electron chi connectivity index (χ0n) is 12.2. The number of carbonyl (C=O) groups is 1. The molecule has 0 spiro atoms. The van der Waals surface area contributed by atoms with E-state index in [0.29, 0.717) is 3.57 Å². The number of carbonyl (C=O) groups excluding carboxylic acids is 1. The van der Waals surface area contributed by atoms with Crippen molar-refractivity contribution in [1.29, 1.82) is 0 Å². The van der Waals surface area contributed by atoms with Crippen molar-refractivity contribution in [1.82, 2.24) is 14.6 Å². The molecule has 8 nitrogen and oxygen atoms in total. The first-order chi connectivity index (χ1) is 10.8. The first kappa shape index (κ1) is 17.1. The number of nitrogens with one attached hydrogen (secondary N) is 2. The third-order valence-electron chi connectivity index (χ3n) is 3.21. The molecule has 1 aromatic heterocycles. The Morgan fingerprint density at radius 3 is 2.48 bits per heavy atom. The third-order valence-corrected chi connectivity index (χ3v) is 3.88. The van der Waals surface area contributed by atoms with Crippen LogP contribution in [-0.4, -0.2) is 15.0 Å². The minimum Gasteiger partial charge on any atom is -0.338 e. The lowest BCUT2D eigenvalue weighted by Gasteiger charge is -2.16. The highest BCUT2D eigenvalue weighted by atomic mass is 127. The molecule has 0 fully saturated rings. The monoisotopic (exact) mass is 433 g/mol. The predicted molar refractivity (Wildman–Crippen MR) is 91.0 cm³/mol. The maximum absolute atomic E-state index is 14.0. The normalized spacial score (nSPS) is 10.5. The molecule has 0 unspecified atom stereocenters. The first-order valence-corrected chi connectivity index (χ1v) is 7.38. The maximum Gasteiger partial charge on any atom is 0.332 e. The number of benzene rings is 1. The Labute approximate surface area is 143 Å². The number of nitrogen functional groups attached to an aromatic ring is 1. The summed E-state index contributed by atoms with van der Waals surface area (Å²) in [5, 5.41) is 2.62. The highest BCUT2D eigenvalue weighted by molar-refractivity contribution is 14.1. The fourth-order valence-electron chi connectivity index (χ4n) is 1.99. The molecule has 2 aromatic rings. The summed E-state index contributed by atoms with van der Waals surface area (Å²) in [6.45, 7) is 0. The van der Waals surface area contributed by atoms with E-state index in [4.69, 9.17) is 5.84 Å². The number of hydrogen-bond acceptors (Lipinski definition) is 5. The van der Waals surface area contributed by atoms with Gasteiger partial charge >= 0.3 is 5.69 Å². The Morgan fingerprint density at radius 2 is 1.91 bits per heavy atom. The molecule has 0 atom stereocenters. The van der Waals surface area contributed by atoms with Gasteiger partial charge in [-0.2, -0.15) is 0 Å². The van der Waals surface area contributed by atoms with Gasteiger partial charge in [-0.3, -0.25) is 24.1 Å². The van der Waals surface area contributed by atoms with Crippen LogP contribution in [0.4, 0.5) is 15.9 Å². The number of rotatable bonds is 3. The fourth-order valence-corrected chi connectivity index (χ4v) is 2.44. The van der Waals surface area contributed by atoms with E-state index in [9.17, 15) is 18.8 Å². The average Bonchev–Trinajstić information content (AvgIpc) is 2.52. The summed E-state index contributed by atoms with van der Waals surface area (Å²) < 4.78 is 16.5. The van der Waals surface area contributed by atoms with Crippen LogP contribution < -0.4 is 27.8 Å². The second-order valence-electron chi connectivity index (χ2n) is 4.65. The molecule has 1 amide bonds. The number of hydrogen-bond donors (Lipinski definition) is 3. The topological polar surface area (TPSA) is 111 Å². The molecule has 122 valence electrons. The van der Waals surface area contributed by atoms with Crippen LogP contribution in [0.25, 0.3) is 0 Å². The highest BCUT2D eigenvalue weighted by Gasteiger charge is 2.22. The first-order valence-electron chi connectivity index (χ1n) is 6.31. The third kappa shape index (κ3) is 3.12. The van der Waals surface area contributed by atoms with Gasteiger partial charge in [0.1, 0.15) is 17.2 Å². The minimum atomic E-state index is -0.894. The number of nitrogens with two attached hydrogens (primary N) is 1. The molecule has 0 aliphatic heterocycles. The van der Waals surface area contributed by atoms with Crippen LogP contribution in [0.15, 0.2) is 27.8 Å². The van der Waals surface area contributed by atoms with Crippen molar-refractivity contribution in [3.63, 3.8) is 0 Å². The zero-order valence-corrected chi connectivity index (χ0v) is 14.3. The summed E-state index contributed by atoms with van der Waals surface area (Å²) in [7, 11) is 2.58. The van der Waals surface area contributed by atoms with Crippen LogP contribution in [0.2, 0.25) is 0 Å². The van der Waals surface area contributed by atoms with Gasteiger partial charge in [-0.1, -0.05) is 0 Å². The van der Waals surface area contributed by atoms with Crippen molar-refractivity contribution < 1.29 is 9.18 Å². The van der Waals surface area contributed by atoms with Crippen LogP contribution in [-0.2, 0) is 14.1 Å². The Kier molecular flexibility index (Phi) is 4.85. The van der Waals surface area contributed by atoms with Crippen molar-refractivity contribution in [2.75, 3.05) is 5.32 Å². The van der Waals surface area contributed by atoms with E-state index in [1.165, 1.54) is 26.2 Å². The summed E-state index contributed by atoms with van der Waals surface area (Å²) in [6.07, 6.45) is 0. The Bertz CT molecular complexity index is 906. The molecular formula is C13H13FIN5O3.